The SMILES string of the molecule is CCC(=O)C(=O)N(C1CCCC1)C1C=C(C(=O)NCCO)C2c3cc(CO)cc(OC)c3OC2C1O. The summed E-state index contributed by atoms with van der Waals surface area (Å²) < 4.78 is 11.7. The van der Waals surface area contributed by atoms with Gasteiger partial charge in [0.05, 0.1) is 32.3 Å². The van der Waals surface area contributed by atoms with Crippen LogP contribution in [0.2, 0.25) is 0 Å². The maximum absolute atomic E-state index is 13.3. The molecule has 0 radical (unpaired) electrons. The molecule has 4 rings (SSSR count). The normalized spacial score (nSPS) is 24.9. The third kappa shape index (κ3) is 4.60. The zero-order valence-corrected chi connectivity index (χ0v) is 20.6. The quantitative estimate of drug-likeness (QED) is 0.359. The van der Waals surface area contributed by atoms with Gasteiger partial charge < -0.3 is 35.0 Å². The van der Waals surface area contributed by atoms with Crippen molar-refractivity contribution in [3.63, 3.8) is 0 Å². The third-order valence-electron chi connectivity index (χ3n) is 7.33. The van der Waals surface area contributed by atoms with Gasteiger partial charge >= 0.3 is 0 Å². The molecule has 4 atom stereocenters. The van der Waals surface area contributed by atoms with Crippen LogP contribution in [0.4, 0.5) is 0 Å². The maximum Gasteiger partial charge on any atom is 0.290 e. The molecular formula is C26H34N2O8. The fourth-order valence-electron chi connectivity index (χ4n) is 5.61. The van der Waals surface area contributed by atoms with Gasteiger partial charge in [-0.2, -0.15) is 0 Å². The molecule has 1 fully saturated rings. The number of hydrogen-bond donors (Lipinski definition) is 4. The Bertz CT molecular complexity index is 1050. The van der Waals surface area contributed by atoms with E-state index in [1.807, 2.05) is 0 Å². The van der Waals surface area contributed by atoms with Gasteiger partial charge in [-0.3, -0.25) is 14.4 Å². The number of nitrogens with zero attached hydrogens (tertiary/aromatic N) is 1. The molecule has 1 heterocycles. The number of aliphatic hydroxyl groups is 3. The van der Waals surface area contributed by atoms with Gasteiger partial charge in [0, 0.05) is 30.1 Å². The summed E-state index contributed by atoms with van der Waals surface area (Å²) >= 11 is 0. The Labute approximate surface area is 209 Å². The first-order valence-electron chi connectivity index (χ1n) is 12.5. The molecule has 2 aliphatic carbocycles. The number of fused-ring (bicyclic) bond motifs is 3. The number of hydrogen-bond acceptors (Lipinski definition) is 8. The van der Waals surface area contributed by atoms with Gasteiger partial charge in [-0.25, -0.2) is 0 Å². The van der Waals surface area contributed by atoms with Crippen LogP contribution in [0.25, 0.3) is 0 Å². The number of carbonyl (C=O) groups excluding carboxylic acids is 3. The number of rotatable bonds is 9. The van der Waals surface area contributed by atoms with Gasteiger partial charge in [0.15, 0.2) is 11.5 Å². The summed E-state index contributed by atoms with van der Waals surface area (Å²) in [6.45, 7) is 1.12. The minimum absolute atomic E-state index is 0.0219. The maximum atomic E-state index is 13.3. The average Bonchev–Trinajstić information content (AvgIpc) is 3.56. The van der Waals surface area contributed by atoms with Crippen LogP contribution in [0.1, 0.15) is 56.1 Å². The Balaban J connectivity index is 1.83. The predicted molar refractivity (Wildman–Crippen MR) is 128 cm³/mol. The molecule has 1 aliphatic heterocycles. The highest BCUT2D eigenvalue weighted by Crippen LogP contribution is 2.51. The molecule has 1 saturated carbocycles. The molecular weight excluding hydrogens is 468 g/mol. The van der Waals surface area contributed by atoms with E-state index in [1.165, 1.54) is 12.0 Å². The Kier molecular flexibility index (Phi) is 7.97. The first-order chi connectivity index (χ1) is 17.4. The standard InChI is InChI=1S/C26H34N2O8/c1-3-19(31)26(34)28(15-6-4-5-7-15)18-12-17(25(33)27-8-9-29)21-16-10-14(13-30)11-20(35-2)23(16)36-24(21)22(18)32/h10-12,15,18,21-22,24,29-30,32H,3-9,13H2,1-2H3,(H,27,33). The van der Waals surface area contributed by atoms with Gasteiger partial charge in [-0.05, 0) is 36.6 Å². The van der Waals surface area contributed by atoms with Crippen LogP contribution in [0.3, 0.4) is 0 Å². The van der Waals surface area contributed by atoms with Crippen molar-refractivity contribution in [3.8, 4) is 11.5 Å². The summed E-state index contributed by atoms with van der Waals surface area (Å²) in [5, 5.41) is 33.2. The summed E-state index contributed by atoms with van der Waals surface area (Å²) in [5.74, 6) is -1.69. The second kappa shape index (κ2) is 11.0. The number of amides is 2. The van der Waals surface area contributed by atoms with E-state index >= 15 is 0 Å². The lowest BCUT2D eigenvalue weighted by molar-refractivity contribution is -0.150. The van der Waals surface area contributed by atoms with Gasteiger partial charge in [0.1, 0.15) is 12.2 Å². The minimum atomic E-state index is -1.23. The fourth-order valence-corrected chi connectivity index (χ4v) is 5.61. The Morgan fingerprint density at radius 1 is 1.19 bits per heavy atom. The van der Waals surface area contributed by atoms with E-state index in [4.69, 9.17) is 9.47 Å². The largest absolute Gasteiger partial charge is 0.493 e. The van der Waals surface area contributed by atoms with E-state index in [1.54, 1.807) is 25.1 Å². The van der Waals surface area contributed by atoms with Crippen molar-refractivity contribution in [3.05, 3.63) is 34.9 Å². The fraction of sp³-hybridized carbons (Fsp3) is 0.577. The van der Waals surface area contributed by atoms with Gasteiger partial charge in [0.25, 0.3) is 5.91 Å². The smallest absolute Gasteiger partial charge is 0.290 e. The van der Waals surface area contributed by atoms with Crippen molar-refractivity contribution < 1.29 is 39.2 Å². The summed E-state index contributed by atoms with van der Waals surface area (Å²) in [7, 11) is 1.46. The van der Waals surface area contributed by atoms with E-state index in [2.05, 4.69) is 5.32 Å². The number of methoxy groups -OCH3 is 1. The van der Waals surface area contributed by atoms with Crippen molar-refractivity contribution in [1.82, 2.24) is 10.2 Å². The number of Topliss-reactive ketones (excluding diaryl/α,β-unsaturated/α-hetero) is 1. The van der Waals surface area contributed by atoms with Gasteiger partial charge in [0.2, 0.25) is 11.7 Å². The lowest BCUT2D eigenvalue weighted by atomic mass is 9.77. The molecule has 0 saturated heterocycles. The topological polar surface area (TPSA) is 146 Å². The molecule has 36 heavy (non-hydrogen) atoms. The summed E-state index contributed by atoms with van der Waals surface area (Å²) in [6.07, 6.45) is 2.65. The van der Waals surface area contributed by atoms with Crippen LogP contribution in [0.15, 0.2) is 23.8 Å². The first kappa shape index (κ1) is 26.1. The summed E-state index contributed by atoms with van der Waals surface area (Å²) in [6, 6.07) is 2.15. The monoisotopic (exact) mass is 502 g/mol. The zero-order valence-electron chi connectivity index (χ0n) is 20.6. The van der Waals surface area contributed by atoms with E-state index in [-0.39, 0.29) is 37.8 Å². The van der Waals surface area contributed by atoms with Crippen LogP contribution in [-0.2, 0) is 21.0 Å². The molecule has 10 heteroatoms. The molecule has 3 aliphatic rings. The van der Waals surface area contributed by atoms with Gasteiger partial charge in [-0.1, -0.05) is 19.8 Å². The Morgan fingerprint density at radius 2 is 1.92 bits per heavy atom. The minimum Gasteiger partial charge on any atom is -0.493 e. The molecule has 196 valence electrons. The molecule has 0 bridgehead atoms. The molecule has 0 spiro atoms. The lowest BCUT2D eigenvalue weighted by Gasteiger charge is -2.42. The van der Waals surface area contributed by atoms with Crippen LogP contribution >= 0.6 is 0 Å². The van der Waals surface area contributed by atoms with E-state index in [0.717, 1.165) is 12.8 Å². The van der Waals surface area contributed by atoms with Crippen molar-refractivity contribution in [2.75, 3.05) is 20.3 Å². The van der Waals surface area contributed by atoms with Crippen LogP contribution in [0, 0.1) is 0 Å². The summed E-state index contributed by atoms with van der Waals surface area (Å²) in [4.78, 5) is 40.5. The first-order valence-corrected chi connectivity index (χ1v) is 12.5. The van der Waals surface area contributed by atoms with Crippen molar-refractivity contribution in [2.45, 2.75) is 75.8 Å². The molecule has 10 nitrogen and oxygen atoms in total. The van der Waals surface area contributed by atoms with Crippen molar-refractivity contribution in [1.29, 1.82) is 0 Å². The molecule has 2 amide bonds. The van der Waals surface area contributed by atoms with Crippen molar-refractivity contribution in [2.24, 2.45) is 0 Å². The number of ketones is 1. The van der Waals surface area contributed by atoms with Crippen LogP contribution in [0.5, 0.6) is 11.5 Å². The number of aliphatic hydroxyl groups excluding tert-OH is 3. The summed E-state index contributed by atoms with van der Waals surface area (Å²) in [5.41, 5.74) is 1.40. The van der Waals surface area contributed by atoms with Crippen molar-refractivity contribution >= 4 is 17.6 Å². The molecule has 4 N–H and O–H groups in total. The highest BCUT2D eigenvalue weighted by molar-refractivity contribution is 6.36. The highest BCUT2D eigenvalue weighted by Gasteiger charge is 2.52. The third-order valence-corrected chi connectivity index (χ3v) is 7.33. The lowest BCUT2D eigenvalue weighted by Crippen LogP contribution is -2.59. The van der Waals surface area contributed by atoms with Crippen LogP contribution in [-0.4, -0.2) is 82.4 Å². The van der Waals surface area contributed by atoms with E-state index in [9.17, 15) is 29.7 Å². The molecule has 0 aromatic heterocycles. The average molecular weight is 503 g/mol. The van der Waals surface area contributed by atoms with E-state index < -0.39 is 41.8 Å². The Hall–Kier alpha value is -2.95. The number of benzene rings is 1. The number of carbonyl (C=O) groups is 3. The number of ether oxygens (including phenoxy) is 2. The molecule has 1 aromatic rings. The molecule has 4 unspecified atom stereocenters. The predicted octanol–water partition coefficient (Wildman–Crippen LogP) is 0.560. The highest BCUT2D eigenvalue weighted by atomic mass is 16.5. The molecule has 1 aromatic carbocycles. The van der Waals surface area contributed by atoms with E-state index in [0.29, 0.717) is 35.5 Å². The van der Waals surface area contributed by atoms with Gasteiger partial charge in [-0.15, -0.1) is 0 Å². The number of nitrogens with one attached hydrogen (secondary N) is 1. The van der Waals surface area contributed by atoms with Crippen LogP contribution < -0.4 is 14.8 Å². The second-order valence-electron chi connectivity index (χ2n) is 9.44. The second-order valence-corrected chi connectivity index (χ2v) is 9.44. The Morgan fingerprint density at radius 3 is 2.53 bits per heavy atom. The zero-order chi connectivity index (χ0) is 26.0.